The molecule has 0 bridgehead atoms. The number of nitrogens with zero attached hydrogens (tertiary/aromatic N) is 1. The van der Waals surface area contributed by atoms with Crippen LogP contribution in [0.25, 0.3) is 0 Å². The topological polar surface area (TPSA) is 3.24 Å². The van der Waals surface area contributed by atoms with E-state index in [1.165, 1.54) is 22.3 Å². The van der Waals surface area contributed by atoms with Gasteiger partial charge in [-0.2, -0.15) is 0 Å². The van der Waals surface area contributed by atoms with E-state index >= 15 is 0 Å². The van der Waals surface area contributed by atoms with Gasteiger partial charge in [-0.15, -0.1) is 0 Å². The fourth-order valence-corrected chi connectivity index (χ4v) is 3.31. The molecular weight excluding hydrogens is 278 g/mol. The number of rotatable bonds is 3. The van der Waals surface area contributed by atoms with Crippen LogP contribution in [0.3, 0.4) is 0 Å². The minimum atomic E-state index is 0.600. The molecule has 0 saturated heterocycles. The standard InChI is InChI=1S/C19H22ClN/c1-14(2)16-8-6-15(7-9-16)12-21-11-10-18-17(13-21)4-3-5-19(18)20/h3-9,14H,10-13H2,1-2H3. The quantitative estimate of drug-likeness (QED) is 0.769. The Kier molecular flexibility index (Phi) is 4.32. The lowest BCUT2D eigenvalue weighted by Crippen LogP contribution is -2.30. The summed E-state index contributed by atoms with van der Waals surface area (Å²) in [5.74, 6) is 0.600. The molecule has 2 heteroatoms. The smallest absolute Gasteiger partial charge is 0.0441 e. The van der Waals surface area contributed by atoms with E-state index in [1.54, 1.807) is 0 Å². The van der Waals surface area contributed by atoms with Crippen molar-refractivity contribution in [3.63, 3.8) is 0 Å². The summed E-state index contributed by atoms with van der Waals surface area (Å²) < 4.78 is 0. The predicted octanol–water partition coefficient (Wildman–Crippen LogP) is 5.02. The molecule has 1 aliphatic rings. The maximum Gasteiger partial charge on any atom is 0.0441 e. The van der Waals surface area contributed by atoms with Gasteiger partial charge < -0.3 is 0 Å². The molecule has 0 aromatic heterocycles. The summed E-state index contributed by atoms with van der Waals surface area (Å²) in [5, 5.41) is 0.924. The van der Waals surface area contributed by atoms with E-state index < -0.39 is 0 Å². The van der Waals surface area contributed by atoms with Crippen molar-refractivity contribution in [1.29, 1.82) is 0 Å². The molecule has 3 rings (SSSR count). The first-order chi connectivity index (χ1) is 10.1. The Morgan fingerprint density at radius 2 is 1.86 bits per heavy atom. The Morgan fingerprint density at radius 1 is 1.10 bits per heavy atom. The summed E-state index contributed by atoms with van der Waals surface area (Å²) in [6.45, 7) is 7.58. The monoisotopic (exact) mass is 299 g/mol. The van der Waals surface area contributed by atoms with Crippen molar-refractivity contribution in [2.75, 3.05) is 6.54 Å². The van der Waals surface area contributed by atoms with Crippen LogP contribution in [0.5, 0.6) is 0 Å². The fourth-order valence-electron chi connectivity index (χ4n) is 3.02. The number of halogens is 1. The van der Waals surface area contributed by atoms with Gasteiger partial charge in [-0.3, -0.25) is 4.90 Å². The third-order valence-electron chi connectivity index (χ3n) is 4.34. The average Bonchev–Trinajstić information content (AvgIpc) is 2.48. The Morgan fingerprint density at radius 3 is 2.57 bits per heavy atom. The molecule has 2 aromatic rings. The van der Waals surface area contributed by atoms with Crippen LogP contribution in [-0.2, 0) is 19.5 Å². The normalized spacial score (nSPS) is 15.2. The van der Waals surface area contributed by atoms with Gasteiger partial charge in [0.05, 0.1) is 0 Å². The zero-order chi connectivity index (χ0) is 14.8. The zero-order valence-corrected chi connectivity index (χ0v) is 13.5. The van der Waals surface area contributed by atoms with Gasteiger partial charge in [0.2, 0.25) is 0 Å². The molecule has 0 amide bonds. The average molecular weight is 300 g/mol. The van der Waals surface area contributed by atoms with Crippen molar-refractivity contribution in [2.24, 2.45) is 0 Å². The highest BCUT2D eigenvalue weighted by molar-refractivity contribution is 6.31. The van der Waals surface area contributed by atoms with Gasteiger partial charge in [-0.25, -0.2) is 0 Å². The zero-order valence-electron chi connectivity index (χ0n) is 12.8. The van der Waals surface area contributed by atoms with E-state index in [-0.39, 0.29) is 0 Å². The van der Waals surface area contributed by atoms with Crippen LogP contribution in [0.2, 0.25) is 5.02 Å². The van der Waals surface area contributed by atoms with Crippen molar-refractivity contribution in [1.82, 2.24) is 4.90 Å². The molecule has 0 atom stereocenters. The third-order valence-corrected chi connectivity index (χ3v) is 4.69. The molecule has 0 unspecified atom stereocenters. The van der Waals surface area contributed by atoms with Crippen molar-refractivity contribution < 1.29 is 0 Å². The molecule has 0 fully saturated rings. The summed E-state index contributed by atoms with van der Waals surface area (Å²) in [4.78, 5) is 2.50. The van der Waals surface area contributed by atoms with Gasteiger partial charge in [0.15, 0.2) is 0 Å². The van der Waals surface area contributed by atoms with Gasteiger partial charge >= 0.3 is 0 Å². The predicted molar refractivity (Wildman–Crippen MR) is 89.8 cm³/mol. The summed E-state index contributed by atoms with van der Waals surface area (Å²) in [6, 6.07) is 15.3. The first-order valence-corrected chi connectivity index (χ1v) is 8.09. The Balaban J connectivity index is 1.69. The van der Waals surface area contributed by atoms with Crippen molar-refractivity contribution in [2.45, 2.75) is 39.3 Å². The largest absolute Gasteiger partial charge is 0.294 e. The Bertz CT molecular complexity index is 616. The van der Waals surface area contributed by atoms with Crippen LogP contribution < -0.4 is 0 Å². The number of hydrogen-bond acceptors (Lipinski definition) is 1. The minimum absolute atomic E-state index is 0.600. The summed E-state index contributed by atoms with van der Waals surface area (Å²) in [5.41, 5.74) is 5.53. The highest BCUT2D eigenvalue weighted by Crippen LogP contribution is 2.26. The molecule has 0 spiro atoms. The van der Waals surface area contributed by atoms with Gasteiger partial charge in [-0.1, -0.05) is 61.8 Å². The maximum atomic E-state index is 6.28. The van der Waals surface area contributed by atoms with E-state index in [0.29, 0.717) is 5.92 Å². The lowest BCUT2D eigenvalue weighted by Gasteiger charge is -2.29. The highest BCUT2D eigenvalue weighted by atomic mass is 35.5. The van der Waals surface area contributed by atoms with E-state index in [1.807, 2.05) is 6.07 Å². The fraction of sp³-hybridized carbons (Fsp3) is 0.368. The number of benzene rings is 2. The first kappa shape index (κ1) is 14.6. The molecule has 2 aromatic carbocycles. The van der Waals surface area contributed by atoms with Crippen molar-refractivity contribution in [3.8, 4) is 0 Å². The summed E-state index contributed by atoms with van der Waals surface area (Å²) in [7, 11) is 0. The van der Waals surface area contributed by atoms with Crippen LogP contribution in [0.4, 0.5) is 0 Å². The van der Waals surface area contributed by atoms with Gasteiger partial charge in [0.25, 0.3) is 0 Å². The molecule has 0 saturated carbocycles. The molecule has 1 aliphatic heterocycles. The van der Waals surface area contributed by atoms with Crippen LogP contribution in [0.1, 0.15) is 42.0 Å². The van der Waals surface area contributed by atoms with Crippen LogP contribution in [0, 0.1) is 0 Å². The molecule has 1 nitrogen and oxygen atoms in total. The lowest BCUT2D eigenvalue weighted by atomic mass is 9.98. The second-order valence-electron chi connectivity index (χ2n) is 6.23. The number of hydrogen-bond donors (Lipinski definition) is 0. The summed E-state index contributed by atoms with van der Waals surface area (Å²) >= 11 is 6.28. The second-order valence-corrected chi connectivity index (χ2v) is 6.64. The van der Waals surface area contributed by atoms with E-state index in [0.717, 1.165) is 31.1 Å². The Hall–Kier alpha value is -1.31. The highest BCUT2D eigenvalue weighted by Gasteiger charge is 2.18. The third kappa shape index (κ3) is 3.30. The van der Waals surface area contributed by atoms with Gasteiger partial charge in [-0.05, 0) is 40.7 Å². The van der Waals surface area contributed by atoms with Crippen molar-refractivity contribution in [3.05, 3.63) is 69.7 Å². The molecule has 0 radical (unpaired) electrons. The molecule has 21 heavy (non-hydrogen) atoms. The van der Waals surface area contributed by atoms with Gasteiger partial charge in [0.1, 0.15) is 0 Å². The molecular formula is C19H22ClN. The Labute approximate surface area is 132 Å². The van der Waals surface area contributed by atoms with Crippen LogP contribution in [-0.4, -0.2) is 11.4 Å². The first-order valence-electron chi connectivity index (χ1n) is 7.71. The minimum Gasteiger partial charge on any atom is -0.294 e. The number of fused-ring (bicyclic) bond motifs is 1. The molecule has 0 aliphatic carbocycles. The van der Waals surface area contributed by atoms with E-state index in [2.05, 4.69) is 55.1 Å². The van der Waals surface area contributed by atoms with Crippen molar-refractivity contribution >= 4 is 11.6 Å². The van der Waals surface area contributed by atoms with Crippen LogP contribution >= 0.6 is 11.6 Å². The second kappa shape index (κ2) is 6.21. The molecule has 110 valence electrons. The lowest BCUT2D eigenvalue weighted by molar-refractivity contribution is 0.245. The van der Waals surface area contributed by atoms with E-state index in [4.69, 9.17) is 11.6 Å². The van der Waals surface area contributed by atoms with E-state index in [9.17, 15) is 0 Å². The molecule has 0 N–H and O–H groups in total. The SMILES string of the molecule is CC(C)c1ccc(CN2CCc3c(Cl)cccc3C2)cc1. The maximum absolute atomic E-state index is 6.28. The molecule has 1 heterocycles. The summed E-state index contributed by atoms with van der Waals surface area (Å²) in [6.07, 6.45) is 1.05. The van der Waals surface area contributed by atoms with Gasteiger partial charge in [0, 0.05) is 24.7 Å². The van der Waals surface area contributed by atoms with Crippen LogP contribution in [0.15, 0.2) is 42.5 Å².